The lowest BCUT2D eigenvalue weighted by Gasteiger charge is -2.35. The molecule has 2 rings (SSSR count). The van der Waals surface area contributed by atoms with Gasteiger partial charge >= 0.3 is 0 Å². The molecule has 0 amide bonds. The topological polar surface area (TPSA) is 35.5 Å². The molecule has 0 radical (unpaired) electrons. The van der Waals surface area contributed by atoms with Crippen LogP contribution in [0.2, 0.25) is 5.02 Å². The van der Waals surface area contributed by atoms with Gasteiger partial charge in [0.2, 0.25) is 0 Å². The van der Waals surface area contributed by atoms with Crippen LogP contribution >= 0.6 is 24.0 Å². The van der Waals surface area contributed by atoms with Crippen LogP contribution in [-0.4, -0.2) is 42.8 Å². The van der Waals surface area contributed by atoms with E-state index in [9.17, 15) is 9.50 Å². The molecular weight excluding hydrogens is 290 g/mol. The third-order valence-electron chi connectivity index (χ3n) is 3.32. The molecular formula is C13H19Cl2FN2O. The highest BCUT2D eigenvalue weighted by molar-refractivity contribution is 6.30. The first-order valence-corrected chi connectivity index (χ1v) is 6.60. The Kier molecular flexibility index (Phi) is 7.04. The van der Waals surface area contributed by atoms with Crippen molar-refractivity contribution in [2.45, 2.75) is 12.5 Å². The van der Waals surface area contributed by atoms with Crippen molar-refractivity contribution in [2.75, 3.05) is 32.8 Å². The second-order valence-electron chi connectivity index (χ2n) is 4.49. The van der Waals surface area contributed by atoms with Gasteiger partial charge in [0.05, 0.1) is 5.02 Å². The zero-order valence-corrected chi connectivity index (χ0v) is 12.2. The summed E-state index contributed by atoms with van der Waals surface area (Å²) in [6.07, 6.45) is 0.612. The van der Waals surface area contributed by atoms with Gasteiger partial charge in [0, 0.05) is 38.8 Å². The summed E-state index contributed by atoms with van der Waals surface area (Å²) in [6.45, 7) is 3.78. The summed E-state index contributed by atoms with van der Waals surface area (Å²) in [7, 11) is 0. The normalized spacial score (nSPS) is 17.8. The highest BCUT2D eigenvalue weighted by Crippen LogP contribution is 2.27. The zero-order valence-electron chi connectivity index (χ0n) is 10.6. The summed E-state index contributed by atoms with van der Waals surface area (Å²) in [6, 6.07) is 4.96. The monoisotopic (exact) mass is 308 g/mol. The van der Waals surface area contributed by atoms with Gasteiger partial charge < -0.3 is 10.4 Å². The number of nitrogens with one attached hydrogen (secondary N) is 1. The van der Waals surface area contributed by atoms with E-state index in [0.717, 1.165) is 31.7 Å². The van der Waals surface area contributed by atoms with Gasteiger partial charge in [-0.15, -0.1) is 12.4 Å². The van der Waals surface area contributed by atoms with Crippen LogP contribution in [0.4, 0.5) is 4.39 Å². The van der Waals surface area contributed by atoms with E-state index in [1.54, 1.807) is 6.07 Å². The van der Waals surface area contributed by atoms with Crippen LogP contribution in [0.25, 0.3) is 0 Å². The molecule has 1 atom stereocenters. The van der Waals surface area contributed by atoms with Crippen LogP contribution < -0.4 is 5.32 Å². The van der Waals surface area contributed by atoms with E-state index in [1.807, 2.05) is 6.07 Å². The van der Waals surface area contributed by atoms with Crippen molar-refractivity contribution >= 4 is 24.0 Å². The van der Waals surface area contributed by atoms with Gasteiger partial charge in [-0.2, -0.15) is 0 Å². The molecule has 1 fully saturated rings. The Morgan fingerprint density at radius 1 is 1.37 bits per heavy atom. The summed E-state index contributed by atoms with van der Waals surface area (Å²) in [5, 5.41) is 12.6. The van der Waals surface area contributed by atoms with Crippen molar-refractivity contribution < 1.29 is 9.50 Å². The summed E-state index contributed by atoms with van der Waals surface area (Å²) in [5.41, 5.74) is 0.882. The standard InChI is InChI=1S/C13H18ClFN2O.ClH/c14-11-2-1-10(9-12(11)15)13(3-8-18)17-6-4-16-5-7-17;/h1-2,9,13,16,18H,3-8H2;1H/t13-;/m0./s1. The molecule has 0 unspecified atom stereocenters. The summed E-state index contributed by atoms with van der Waals surface area (Å²) in [5.74, 6) is -0.396. The van der Waals surface area contributed by atoms with Crippen molar-refractivity contribution in [2.24, 2.45) is 0 Å². The third kappa shape index (κ3) is 4.29. The maximum Gasteiger partial charge on any atom is 0.142 e. The maximum atomic E-state index is 13.5. The molecule has 2 N–H and O–H groups in total. The summed E-state index contributed by atoms with van der Waals surface area (Å²) in [4.78, 5) is 2.27. The van der Waals surface area contributed by atoms with Crippen LogP contribution in [0.5, 0.6) is 0 Å². The molecule has 1 aliphatic heterocycles. The van der Waals surface area contributed by atoms with Crippen molar-refractivity contribution in [3.63, 3.8) is 0 Å². The first kappa shape index (κ1) is 16.7. The average Bonchev–Trinajstić information content (AvgIpc) is 2.40. The fourth-order valence-electron chi connectivity index (χ4n) is 2.40. The number of aliphatic hydroxyl groups is 1. The fourth-order valence-corrected chi connectivity index (χ4v) is 2.51. The minimum atomic E-state index is -0.396. The number of nitrogens with zero attached hydrogens (tertiary/aromatic N) is 1. The third-order valence-corrected chi connectivity index (χ3v) is 3.63. The number of hydrogen-bond acceptors (Lipinski definition) is 3. The van der Waals surface area contributed by atoms with Crippen LogP contribution in [0, 0.1) is 5.82 Å². The molecule has 1 heterocycles. The molecule has 1 aromatic rings. The maximum absolute atomic E-state index is 13.5. The zero-order chi connectivity index (χ0) is 13.0. The van der Waals surface area contributed by atoms with Crippen molar-refractivity contribution in [1.29, 1.82) is 0 Å². The van der Waals surface area contributed by atoms with E-state index in [-0.39, 0.29) is 30.1 Å². The predicted molar refractivity (Wildman–Crippen MR) is 77.5 cm³/mol. The molecule has 19 heavy (non-hydrogen) atoms. The van der Waals surface area contributed by atoms with Crippen molar-refractivity contribution in [3.8, 4) is 0 Å². The number of hydrogen-bond donors (Lipinski definition) is 2. The molecule has 0 saturated carbocycles. The molecule has 1 saturated heterocycles. The van der Waals surface area contributed by atoms with E-state index in [2.05, 4.69) is 10.2 Å². The van der Waals surface area contributed by atoms with Crippen LogP contribution in [0.3, 0.4) is 0 Å². The largest absolute Gasteiger partial charge is 0.396 e. The van der Waals surface area contributed by atoms with Crippen LogP contribution in [0.15, 0.2) is 18.2 Å². The molecule has 108 valence electrons. The lowest BCUT2D eigenvalue weighted by atomic mass is 10.0. The van der Waals surface area contributed by atoms with Gasteiger partial charge in [0.1, 0.15) is 5.82 Å². The second-order valence-corrected chi connectivity index (χ2v) is 4.89. The second kappa shape index (κ2) is 8.02. The van der Waals surface area contributed by atoms with Gasteiger partial charge in [-0.3, -0.25) is 4.90 Å². The van der Waals surface area contributed by atoms with E-state index >= 15 is 0 Å². The van der Waals surface area contributed by atoms with E-state index in [0.29, 0.717) is 6.42 Å². The number of benzene rings is 1. The van der Waals surface area contributed by atoms with Crippen LogP contribution in [0.1, 0.15) is 18.0 Å². The minimum Gasteiger partial charge on any atom is -0.396 e. The van der Waals surface area contributed by atoms with Gasteiger partial charge in [-0.05, 0) is 24.1 Å². The Morgan fingerprint density at radius 2 is 2.05 bits per heavy atom. The predicted octanol–water partition coefficient (Wildman–Crippen LogP) is 2.23. The van der Waals surface area contributed by atoms with Crippen molar-refractivity contribution in [3.05, 3.63) is 34.6 Å². The number of piperazine rings is 1. The Hall–Kier alpha value is -0.390. The molecule has 0 aromatic heterocycles. The Morgan fingerprint density at radius 3 is 2.63 bits per heavy atom. The van der Waals surface area contributed by atoms with Gasteiger partial charge in [0.25, 0.3) is 0 Å². The first-order chi connectivity index (χ1) is 8.72. The number of halogens is 3. The van der Waals surface area contributed by atoms with E-state index < -0.39 is 5.82 Å². The molecule has 3 nitrogen and oxygen atoms in total. The van der Waals surface area contributed by atoms with Crippen molar-refractivity contribution in [1.82, 2.24) is 10.2 Å². The average molecular weight is 309 g/mol. The first-order valence-electron chi connectivity index (χ1n) is 6.23. The smallest absolute Gasteiger partial charge is 0.142 e. The highest BCUT2D eigenvalue weighted by Gasteiger charge is 2.22. The molecule has 0 spiro atoms. The quantitative estimate of drug-likeness (QED) is 0.895. The lowest BCUT2D eigenvalue weighted by Crippen LogP contribution is -2.45. The number of rotatable bonds is 4. The number of aliphatic hydroxyl groups excluding tert-OH is 1. The highest BCUT2D eigenvalue weighted by atomic mass is 35.5. The van der Waals surface area contributed by atoms with Gasteiger partial charge in [0.15, 0.2) is 0 Å². The van der Waals surface area contributed by atoms with Gasteiger partial charge in [-0.1, -0.05) is 17.7 Å². The minimum absolute atomic E-state index is 0. The Labute approximate surface area is 124 Å². The lowest BCUT2D eigenvalue weighted by molar-refractivity contribution is 0.141. The van der Waals surface area contributed by atoms with Crippen LogP contribution in [-0.2, 0) is 0 Å². The molecule has 0 bridgehead atoms. The summed E-state index contributed by atoms with van der Waals surface area (Å²) < 4.78 is 13.5. The van der Waals surface area contributed by atoms with Gasteiger partial charge in [-0.25, -0.2) is 4.39 Å². The molecule has 1 aliphatic rings. The molecule has 0 aliphatic carbocycles. The SMILES string of the molecule is Cl.OCC[C@@H](c1ccc(Cl)c(F)c1)N1CCNCC1. The Bertz CT molecular complexity index is 400. The molecule has 1 aromatic carbocycles. The van der Waals surface area contributed by atoms with E-state index in [4.69, 9.17) is 11.6 Å². The Balaban J connectivity index is 0.00000180. The summed E-state index contributed by atoms with van der Waals surface area (Å²) >= 11 is 5.70. The molecule has 6 heteroatoms. The van der Waals surface area contributed by atoms with E-state index in [1.165, 1.54) is 6.07 Å². The fraction of sp³-hybridized carbons (Fsp3) is 0.538.